The van der Waals surface area contributed by atoms with Crippen LogP contribution in [0, 0.1) is 0 Å². The normalized spacial score (nSPS) is 19.7. The third kappa shape index (κ3) is 7.65. The molecule has 0 unspecified atom stereocenters. The molecule has 2 atom stereocenters. The smallest absolute Gasteiger partial charge is 0.418 e. The number of phenols is 1. The number of aliphatic carboxylic acids is 1. The number of carbonyl (C=O) groups is 5. The van der Waals surface area contributed by atoms with Gasteiger partial charge in [-0.1, -0.05) is 5.16 Å². The topological polar surface area (TPSA) is 232 Å². The van der Waals surface area contributed by atoms with Crippen molar-refractivity contribution < 1.29 is 57.1 Å². The van der Waals surface area contributed by atoms with Crippen LogP contribution in [0.1, 0.15) is 23.2 Å². The van der Waals surface area contributed by atoms with E-state index >= 15 is 0 Å². The molecule has 21 heteroatoms. The standard InChI is InChI=1S/C32H27F3N8O8S2/c33-32(34,35)19-10-18(44)1-2-20(19)37-22(45)12-41-6-3-15(4-7-41)11-42-8-5-16(27(42)47)9-17-13-52-29-24(28(48)43(29)25(17)30(49)50)39-26(46)23(40-51)21-14-53-31(36)38-21/h1-4,6-7,9-10,14,24,29H,5,8,11-13H2,(H6-,36,37,38,39,40,44,45,46,49,50,51)/p+1/t24-,29-/m1/s1. The summed E-state index contributed by atoms with van der Waals surface area (Å²) in [4.78, 5) is 70.6. The number of nitrogens with two attached hydrogens (primary N) is 1. The van der Waals surface area contributed by atoms with Crippen LogP contribution in [0.15, 0.2) is 76.2 Å². The van der Waals surface area contributed by atoms with E-state index in [2.05, 4.69) is 20.8 Å². The number of oxime groups is 1. The Hall–Kier alpha value is -5.96. The number of alkyl halides is 3. The number of hydrogen-bond acceptors (Lipinski definition) is 12. The molecular formula is C32H28F3N8O8S2+. The number of carboxylic acid groups (broad SMARTS) is 1. The summed E-state index contributed by atoms with van der Waals surface area (Å²) in [5.74, 6) is -4.59. The zero-order valence-electron chi connectivity index (χ0n) is 27.0. The van der Waals surface area contributed by atoms with E-state index in [1.165, 1.54) is 45.1 Å². The number of thioether (sulfide) groups is 1. The van der Waals surface area contributed by atoms with Crippen molar-refractivity contribution in [1.29, 1.82) is 0 Å². The fourth-order valence-corrected chi connectivity index (χ4v) is 7.74. The summed E-state index contributed by atoms with van der Waals surface area (Å²) in [6, 6.07) is 4.66. The first-order chi connectivity index (χ1) is 25.1. The molecule has 3 aliphatic rings. The number of carboxylic acids is 1. The number of nitrogens with one attached hydrogen (secondary N) is 2. The third-order valence-electron chi connectivity index (χ3n) is 8.37. The van der Waals surface area contributed by atoms with Crippen LogP contribution in [-0.2, 0) is 43.2 Å². The molecule has 2 fully saturated rings. The number of hydrogen-bond donors (Lipinski definition) is 6. The Kier molecular flexibility index (Phi) is 10.1. The number of pyridine rings is 1. The summed E-state index contributed by atoms with van der Waals surface area (Å²) in [7, 11) is 0. The van der Waals surface area contributed by atoms with Gasteiger partial charge in [0.2, 0.25) is 12.5 Å². The molecule has 276 valence electrons. The van der Waals surface area contributed by atoms with Gasteiger partial charge in [0, 0.05) is 41.9 Å². The predicted molar refractivity (Wildman–Crippen MR) is 181 cm³/mol. The molecule has 0 radical (unpaired) electrons. The molecule has 0 spiro atoms. The number of thiazole rings is 1. The molecule has 6 rings (SSSR count). The number of allylic oxidation sites excluding steroid dienone is 1. The van der Waals surface area contributed by atoms with E-state index in [0.717, 1.165) is 28.4 Å². The van der Waals surface area contributed by atoms with Crippen LogP contribution in [0.2, 0.25) is 0 Å². The number of rotatable bonds is 10. The third-order valence-corrected chi connectivity index (χ3v) is 10.3. The Bertz CT molecular complexity index is 2120. The molecule has 0 bridgehead atoms. The van der Waals surface area contributed by atoms with E-state index in [9.17, 15) is 52.6 Å². The van der Waals surface area contributed by atoms with Gasteiger partial charge in [-0.2, -0.15) is 17.7 Å². The van der Waals surface area contributed by atoms with Gasteiger partial charge in [-0.25, -0.2) is 9.78 Å². The molecule has 2 aromatic heterocycles. The zero-order valence-corrected chi connectivity index (χ0v) is 28.7. The summed E-state index contributed by atoms with van der Waals surface area (Å²) >= 11 is 2.20. The molecule has 3 aliphatic heterocycles. The highest BCUT2D eigenvalue weighted by Gasteiger charge is 2.54. The van der Waals surface area contributed by atoms with Crippen molar-refractivity contribution >= 4 is 69.2 Å². The van der Waals surface area contributed by atoms with Gasteiger partial charge in [0.15, 0.2) is 23.2 Å². The summed E-state index contributed by atoms with van der Waals surface area (Å²) in [6.45, 7) is 0.171. The number of β-lactam (4-membered cyclic amide) rings is 1. The summed E-state index contributed by atoms with van der Waals surface area (Å²) < 4.78 is 41.4. The second-order valence-electron chi connectivity index (χ2n) is 11.9. The molecule has 0 saturated carbocycles. The molecule has 53 heavy (non-hydrogen) atoms. The van der Waals surface area contributed by atoms with Crippen LogP contribution in [0.3, 0.4) is 0 Å². The summed E-state index contributed by atoms with van der Waals surface area (Å²) in [5, 5.41) is 37.2. The Morgan fingerprint density at radius 1 is 1.17 bits per heavy atom. The Morgan fingerprint density at radius 2 is 1.91 bits per heavy atom. The van der Waals surface area contributed by atoms with Crippen molar-refractivity contribution in [1.82, 2.24) is 20.1 Å². The van der Waals surface area contributed by atoms with Crippen LogP contribution < -0.4 is 20.9 Å². The minimum Gasteiger partial charge on any atom is -0.508 e. The van der Waals surface area contributed by atoms with Gasteiger partial charge < -0.3 is 36.7 Å². The largest absolute Gasteiger partial charge is 0.508 e. The maximum Gasteiger partial charge on any atom is 0.418 e. The lowest BCUT2D eigenvalue weighted by molar-refractivity contribution is -0.684. The van der Waals surface area contributed by atoms with Gasteiger partial charge in [-0.3, -0.25) is 24.1 Å². The van der Waals surface area contributed by atoms with Gasteiger partial charge >= 0.3 is 12.1 Å². The number of fused-ring (bicyclic) bond motifs is 1. The SMILES string of the molecule is Nc1nc(/C(=N/O)C(=O)N[C@@H]2C(=O)N3C(C(=O)O)=C(C=C4CCN(Cc5cc[n+](CC(=O)Nc6ccc(O)cc6C(F)(F)F)cc5)C4=O)CS[C@H]23)cs1. The van der Waals surface area contributed by atoms with Crippen molar-refractivity contribution in [3.63, 3.8) is 0 Å². The van der Waals surface area contributed by atoms with Crippen LogP contribution in [0.25, 0.3) is 0 Å². The minimum absolute atomic E-state index is 0.000473. The molecule has 3 aromatic rings. The van der Waals surface area contributed by atoms with Gasteiger partial charge in [-0.05, 0) is 41.8 Å². The van der Waals surface area contributed by atoms with E-state index in [-0.39, 0.29) is 46.8 Å². The number of anilines is 2. The van der Waals surface area contributed by atoms with Crippen LogP contribution in [0.4, 0.5) is 24.0 Å². The Labute approximate surface area is 305 Å². The second kappa shape index (κ2) is 14.6. The van der Waals surface area contributed by atoms with Gasteiger partial charge in [0.1, 0.15) is 28.6 Å². The quantitative estimate of drug-likeness (QED) is 0.0330. The average Bonchev–Trinajstić information content (AvgIpc) is 3.68. The summed E-state index contributed by atoms with van der Waals surface area (Å²) in [5.41, 5.74) is 4.36. The Morgan fingerprint density at radius 3 is 2.55 bits per heavy atom. The maximum atomic E-state index is 13.3. The number of carbonyl (C=O) groups excluding carboxylic acids is 4. The first-order valence-corrected chi connectivity index (χ1v) is 17.4. The van der Waals surface area contributed by atoms with Crippen molar-refractivity contribution in [2.45, 2.75) is 37.1 Å². The van der Waals surface area contributed by atoms with Gasteiger partial charge in [0.05, 0.1) is 11.3 Å². The number of nitrogen functional groups attached to an aromatic ring is 1. The van der Waals surface area contributed by atoms with Crippen LogP contribution >= 0.6 is 23.1 Å². The van der Waals surface area contributed by atoms with Crippen molar-refractivity contribution in [3.8, 4) is 5.75 Å². The van der Waals surface area contributed by atoms with Crippen molar-refractivity contribution in [2.75, 3.05) is 23.3 Å². The lowest BCUT2D eigenvalue weighted by Crippen LogP contribution is -2.71. The predicted octanol–water partition coefficient (Wildman–Crippen LogP) is 1.65. The minimum atomic E-state index is -4.80. The van der Waals surface area contributed by atoms with E-state index in [1.54, 1.807) is 12.1 Å². The molecule has 4 amide bonds. The number of amides is 4. The number of nitrogens with zero attached hydrogens (tertiary/aromatic N) is 5. The van der Waals surface area contributed by atoms with E-state index < -0.39 is 64.0 Å². The first kappa shape index (κ1) is 36.8. The molecule has 0 aliphatic carbocycles. The molecule has 1 aromatic carbocycles. The molecule has 7 N–H and O–H groups in total. The van der Waals surface area contributed by atoms with E-state index in [0.29, 0.717) is 30.2 Å². The zero-order chi connectivity index (χ0) is 38.2. The molecule has 16 nitrogen and oxygen atoms in total. The number of phenolic OH excluding ortho intramolecular Hbond substituents is 1. The van der Waals surface area contributed by atoms with Gasteiger partial charge in [-0.15, -0.1) is 23.1 Å². The second-order valence-corrected chi connectivity index (χ2v) is 13.9. The van der Waals surface area contributed by atoms with Crippen LogP contribution in [0.5, 0.6) is 5.75 Å². The van der Waals surface area contributed by atoms with Crippen molar-refractivity contribution in [3.05, 3.63) is 87.8 Å². The first-order valence-electron chi connectivity index (χ1n) is 15.5. The number of likely N-dealkylation sites (tertiary alicyclic amines) is 1. The fourth-order valence-electron chi connectivity index (χ4n) is 5.89. The monoisotopic (exact) mass is 773 g/mol. The van der Waals surface area contributed by atoms with Gasteiger partial charge in [0.25, 0.3) is 17.7 Å². The van der Waals surface area contributed by atoms with E-state index in [4.69, 9.17) is 5.73 Å². The highest BCUT2D eigenvalue weighted by Crippen LogP contribution is 2.41. The number of benzene rings is 1. The maximum absolute atomic E-state index is 13.3. The number of aromatic hydroxyl groups is 1. The lowest BCUT2D eigenvalue weighted by atomic mass is 10.0. The number of halogens is 3. The summed E-state index contributed by atoms with van der Waals surface area (Å²) in [6.07, 6.45) is 0.0163. The molecule has 2 saturated heterocycles. The van der Waals surface area contributed by atoms with Crippen molar-refractivity contribution in [2.24, 2.45) is 5.16 Å². The van der Waals surface area contributed by atoms with E-state index in [1.807, 2.05) is 0 Å². The molecular weight excluding hydrogens is 746 g/mol. The highest BCUT2D eigenvalue weighted by atomic mass is 32.2. The highest BCUT2D eigenvalue weighted by molar-refractivity contribution is 8.00. The van der Waals surface area contributed by atoms with Crippen LogP contribution in [-0.4, -0.2) is 89.2 Å². The number of aromatic nitrogens is 2. The average molecular weight is 774 g/mol. The lowest BCUT2D eigenvalue weighted by Gasteiger charge is -2.49. The molecule has 5 heterocycles. The fraction of sp³-hybridized carbons (Fsp3) is 0.250. The Balaban J connectivity index is 1.07.